The number of anilines is 1. The van der Waals surface area contributed by atoms with Crippen LogP contribution in [0, 0.1) is 0 Å². The lowest BCUT2D eigenvalue weighted by Crippen LogP contribution is -2.25. The van der Waals surface area contributed by atoms with Gasteiger partial charge in [0.15, 0.2) is 5.78 Å². The third-order valence-corrected chi connectivity index (χ3v) is 4.05. The van der Waals surface area contributed by atoms with Crippen LogP contribution < -0.4 is 11.1 Å². The van der Waals surface area contributed by atoms with Crippen molar-refractivity contribution in [3.05, 3.63) is 71.3 Å². The molecule has 1 aliphatic carbocycles. The Kier molecular flexibility index (Phi) is 4.76. The lowest BCUT2D eigenvalue weighted by Gasteiger charge is -2.19. The molecular formula is C20H14N2O5. The molecular weight excluding hydrogens is 348 g/mol. The summed E-state index contributed by atoms with van der Waals surface area (Å²) in [5.74, 6) is -4.04. The van der Waals surface area contributed by atoms with E-state index in [1.807, 2.05) is 0 Å². The minimum atomic E-state index is -1.18. The van der Waals surface area contributed by atoms with Gasteiger partial charge in [0.1, 0.15) is 0 Å². The van der Waals surface area contributed by atoms with Gasteiger partial charge in [-0.05, 0) is 12.1 Å². The molecule has 0 spiro atoms. The standard InChI is InChI=1S/C20H14N2O5/c21-20(27)18(25)10-16(23)13-7-3-4-8-14(13)22-15-9-17(24)19(26)12-6-2-1-5-11(12)15/h1-9,22H,10H2,(H2,21,27). The summed E-state index contributed by atoms with van der Waals surface area (Å²) in [6.45, 7) is 0. The molecule has 1 amide bonds. The van der Waals surface area contributed by atoms with Crippen LogP contribution in [0.25, 0.3) is 5.70 Å². The van der Waals surface area contributed by atoms with Gasteiger partial charge in [-0.3, -0.25) is 24.0 Å². The monoisotopic (exact) mass is 362 g/mol. The Hall–Kier alpha value is -3.87. The number of hydrogen-bond donors (Lipinski definition) is 2. The van der Waals surface area contributed by atoms with Gasteiger partial charge in [0.2, 0.25) is 17.3 Å². The fourth-order valence-corrected chi connectivity index (χ4v) is 2.74. The minimum absolute atomic E-state index is 0.162. The molecule has 0 unspecified atom stereocenters. The zero-order valence-corrected chi connectivity index (χ0v) is 14.0. The fourth-order valence-electron chi connectivity index (χ4n) is 2.74. The molecule has 0 aromatic heterocycles. The van der Waals surface area contributed by atoms with Gasteiger partial charge in [-0.25, -0.2) is 0 Å². The molecule has 0 radical (unpaired) electrons. The van der Waals surface area contributed by atoms with E-state index in [9.17, 15) is 24.0 Å². The molecule has 7 heteroatoms. The topological polar surface area (TPSA) is 123 Å². The summed E-state index contributed by atoms with van der Waals surface area (Å²) >= 11 is 0. The highest BCUT2D eigenvalue weighted by atomic mass is 16.2. The number of carbonyl (C=O) groups excluding carboxylic acids is 5. The highest BCUT2D eigenvalue weighted by Gasteiger charge is 2.26. The number of hydrogen-bond acceptors (Lipinski definition) is 6. The van der Waals surface area contributed by atoms with E-state index in [1.54, 1.807) is 42.5 Å². The summed E-state index contributed by atoms with van der Waals surface area (Å²) in [7, 11) is 0. The van der Waals surface area contributed by atoms with Crippen LogP contribution in [0.2, 0.25) is 0 Å². The average Bonchev–Trinajstić information content (AvgIpc) is 2.66. The van der Waals surface area contributed by atoms with Crippen molar-refractivity contribution in [3.63, 3.8) is 0 Å². The predicted octanol–water partition coefficient (Wildman–Crippen LogP) is 1.53. The van der Waals surface area contributed by atoms with Crippen LogP contribution in [0.1, 0.15) is 32.7 Å². The van der Waals surface area contributed by atoms with Gasteiger partial charge in [-0.15, -0.1) is 0 Å². The maximum absolute atomic E-state index is 12.4. The number of amides is 1. The van der Waals surface area contributed by atoms with Crippen LogP contribution >= 0.6 is 0 Å². The number of para-hydroxylation sites is 1. The fraction of sp³-hybridized carbons (Fsp3) is 0.0500. The summed E-state index contributed by atoms with van der Waals surface area (Å²) in [5, 5.41) is 2.98. The number of Topliss-reactive ketones (excluding diaryl/α,β-unsaturated/α-hetero) is 3. The summed E-state index contributed by atoms with van der Waals surface area (Å²) in [4.78, 5) is 58.7. The maximum atomic E-state index is 12.4. The van der Waals surface area contributed by atoms with E-state index in [0.717, 1.165) is 0 Å². The van der Waals surface area contributed by atoms with Crippen molar-refractivity contribution in [2.75, 3.05) is 5.32 Å². The number of nitrogens with one attached hydrogen (secondary N) is 1. The van der Waals surface area contributed by atoms with E-state index < -0.39 is 35.5 Å². The molecule has 27 heavy (non-hydrogen) atoms. The lowest BCUT2D eigenvalue weighted by atomic mass is 9.92. The summed E-state index contributed by atoms with van der Waals surface area (Å²) in [6.07, 6.45) is 0.515. The molecule has 3 rings (SSSR count). The van der Waals surface area contributed by atoms with Gasteiger partial charge >= 0.3 is 0 Å². The number of carbonyl (C=O) groups is 5. The Morgan fingerprint density at radius 1 is 0.889 bits per heavy atom. The van der Waals surface area contributed by atoms with Crippen molar-refractivity contribution in [2.45, 2.75) is 6.42 Å². The van der Waals surface area contributed by atoms with Crippen molar-refractivity contribution in [1.29, 1.82) is 0 Å². The molecule has 0 saturated heterocycles. The van der Waals surface area contributed by atoms with Gasteiger partial charge in [0.25, 0.3) is 5.91 Å². The van der Waals surface area contributed by atoms with E-state index in [1.165, 1.54) is 12.1 Å². The van der Waals surface area contributed by atoms with Gasteiger partial charge in [-0.2, -0.15) is 0 Å². The van der Waals surface area contributed by atoms with E-state index in [2.05, 4.69) is 5.32 Å². The van der Waals surface area contributed by atoms with Gasteiger partial charge in [0, 0.05) is 28.5 Å². The summed E-state index contributed by atoms with van der Waals surface area (Å²) < 4.78 is 0. The number of rotatable bonds is 6. The maximum Gasteiger partial charge on any atom is 0.285 e. The van der Waals surface area contributed by atoms with Crippen LogP contribution in [0.4, 0.5) is 5.69 Å². The Bertz CT molecular complexity index is 1040. The molecule has 2 aromatic rings. The van der Waals surface area contributed by atoms with E-state index in [4.69, 9.17) is 5.73 Å². The Morgan fingerprint density at radius 3 is 2.22 bits per heavy atom. The first-order chi connectivity index (χ1) is 12.9. The van der Waals surface area contributed by atoms with Gasteiger partial charge < -0.3 is 11.1 Å². The molecule has 7 nitrogen and oxygen atoms in total. The van der Waals surface area contributed by atoms with Gasteiger partial charge in [-0.1, -0.05) is 36.4 Å². The zero-order chi connectivity index (χ0) is 19.6. The number of allylic oxidation sites excluding steroid dienone is 1. The Labute approximate surface area is 153 Å². The molecule has 0 saturated carbocycles. The SMILES string of the molecule is NC(=O)C(=O)CC(=O)c1ccccc1NC1=CC(=O)C(=O)c2ccccc21. The Balaban J connectivity index is 1.95. The van der Waals surface area contributed by atoms with Crippen LogP contribution in [0.5, 0.6) is 0 Å². The average molecular weight is 362 g/mol. The van der Waals surface area contributed by atoms with Crippen LogP contribution in [0.15, 0.2) is 54.6 Å². The quantitative estimate of drug-likeness (QED) is 0.456. The second-order valence-corrected chi connectivity index (χ2v) is 5.85. The molecule has 134 valence electrons. The summed E-state index contributed by atoms with van der Waals surface area (Å²) in [6, 6.07) is 12.9. The highest BCUT2D eigenvalue weighted by molar-refractivity contribution is 6.50. The molecule has 0 heterocycles. The second-order valence-electron chi connectivity index (χ2n) is 5.85. The number of primary amides is 1. The first-order valence-electron chi connectivity index (χ1n) is 8.00. The smallest absolute Gasteiger partial charge is 0.285 e. The molecule has 0 atom stereocenters. The molecule has 0 aliphatic heterocycles. The second kappa shape index (κ2) is 7.17. The van der Waals surface area contributed by atoms with Crippen molar-refractivity contribution in [2.24, 2.45) is 5.73 Å². The lowest BCUT2D eigenvalue weighted by molar-refractivity contribution is -0.135. The molecule has 0 bridgehead atoms. The Morgan fingerprint density at radius 2 is 1.52 bits per heavy atom. The highest BCUT2D eigenvalue weighted by Crippen LogP contribution is 2.28. The molecule has 2 aromatic carbocycles. The van der Waals surface area contributed by atoms with Crippen molar-refractivity contribution in [1.82, 2.24) is 0 Å². The van der Waals surface area contributed by atoms with Crippen molar-refractivity contribution >= 4 is 40.4 Å². The first-order valence-corrected chi connectivity index (χ1v) is 8.00. The van der Waals surface area contributed by atoms with E-state index in [-0.39, 0.29) is 11.1 Å². The van der Waals surface area contributed by atoms with Crippen LogP contribution in [0.3, 0.4) is 0 Å². The molecule has 1 aliphatic rings. The normalized spacial score (nSPS) is 12.8. The van der Waals surface area contributed by atoms with Crippen molar-refractivity contribution in [3.8, 4) is 0 Å². The van der Waals surface area contributed by atoms with Crippen molar-refractivity contribution < 1.29 is 24.0 Å². The van der Waals surface area contributed by atoms with E-state index in [0.29, 0.717) is 16.9 Å². The van der Waals surface area contributed by atoms with Crippen LogP contribution in [-0.4, -0.2) is 29.0 Å². The number of ketones is 4. The number of benzene rings is 2. The molecule has 3 N–H and O–H groups in total. The largest absolute Gasteiger partial charge is 0.363 e. The van der Waals surface area contributed by atoms with E-state index >= 15 is 0 Å². The number of fused-ring (bicyclic) bond motifs is 1. The first kappa shape index (κ1) is 17.9. The molecule has 0 fully saturated rings. The summed E-state index contributed by atoms with van der Waals surface area (Å²) in [5.41, 5.74) is 6.54. The number of nitrogens with two attached hydrogens (primary N) is 1. The minimum Gasteiger partial charge on any atom is -0.363 e. The predicted molar refractivity (Wildman–Crippen MR) is 97.0 cm³/mol. The van der Waals surface area contributed by atoms with Crippen LogP contribution in [-0.2, 0) is 14.4 Å². The van der Waals surface area contributed by atoms with Gasteiger partial charge in [0.05, 0.1) is 12.1 Å². The third kappa shape index (κ3) is 3.57. The zero-order valence-electron chi connectivity index (χ0n) is 14.0. The third-order valence-electron chi connectivity index (χ3n) is 4.05.